The first kappa shape index (κ1) is 18.8. The minimum Gasteiger partial charge on any atom is -0.385 e. The standard InChI is InChI=1S/C18H24F3NO2/c1-13(8-11-24-2)22-16(23)17(9-3-4-10-17)14-6-5-7-15(12-14)18(19,20)21/h5-7,12-13H,3-4,8-11H2,1-2H3,(H,22,23)/t13-/m1/s1. The van der Waals surface area contributed by atoms with E-state index in [0.717, 1.165) is 25.0 Å². The van der Waals surface area contributed by atoms with Gasteiger partial charge in [0.05, 0.1) is 11.0 Å². The lowest BCUT2D eigenvalue weighted by Gasteiger charge is -2.30. The second-order valence-electron chi connectivity index (χ2n) is 6.52. The van der Waals surface area contributed by atoms with Gasteiger partial charge in [0.25, 0.3) is 0 Å². The fraction of sp³-hybridized carbons (Fsp3) is 0.611. The van der Waals surface area contributed by atoms with Gasteiger partial charge in [-0.15, -0.1) is 0 Å². The molecule has 134 valence electrons. The average Bonchev–Trinajstić information content (AvgIpc) is 3.03. The summed E-state index contributed by atoms with van der Waals surface area (Å²) in [6, 6.07) is 5.12. The van der Waals surface area contributed by atoms with Crippen molar-refractivity contribution < 1.29 is 22.7 Å². The van der Waals surface area contributed by atoms with Crippen LogP contribution in [-0.4, -0.2) is 25.7 Å². The van der Waals surface area contributed by atoms with Crippen molar-refractivity contribution in [2.45, 2.75) is 56.7 Å². The number of rotatable bonds is 6. The molecule has 0 aliphatic heterocycles. The zero-order valence-electron chi connectivity index (χ0n) is 14.1. The van der Waals surface area contributed by atoms with Gasteiger partial charge < -0.3 is 10.1 Å². The highest BCUT2D eigenvalue weighted by Gasteiger charge is 2.44. The summed E-state index contributed by atoms with van der Waals surface area (Å²) in [7, 11) is 1.59. The Labute approximate surface area is 140 Å². The topological polar surface area (TPSA) is 38.3 Å². The van der Waals surface area contributed by atoms with Crippen LogP contribution >= 0.6 is 0 Å². The SMILES string of the molecule is COCC[C@@H](C)NC(=O)C1(c2cccc(C(F)(F)F)c2)CCCC1. The van der Waals surface area contributed by atoms with Gasteiger partial charge in [-0.25, -0.2) is 0 Å². The number of halogens is 3. The quantitative estimate of drug-likeness (QED) is 0.846. The molecule has 1 aliphatic rings. The Hall–Kier alpha value is -1.56. The Morgan fingerprint density at radius 2 is 2.00 bits per heavy atom. The summed E-state index contributed by atoms with van der Waals surface area (Å²) in [5, 5.41) is 2.95. The van der Waals surface area contributed by atoms with E-state index >= 15 is 0 Å². The maximum Gasteiger partial charge on any atom is 0.416 e. The van der Waals surface area contributed by atoms with E-state index in [-0.39, 0.29) is 11.9 Å². The van der Waals surface area contributed by atoms with Crippen LogP contribution in [0.5, 0.6) is 0 Å². The van der Waals surface area contributed by atoms with Crippen molar-refractivity contribution in [3.05, 3.63) is 35.4 Å². The Morgan fingerprint density at radius 3 is 2.58 bits per heavy atom. The molecule has 6 heteroatoms. The molecule has 1 atom stereocenters. The first-order chi connectivity index (χ1) is 11.3. The van der Waals surface area contributed by atoms with Crippen LogP contribution in [-0.2, 0) is 21.1 Å². The maximum atomic E-state index is 13.0. The molecule has 1 aliphatic carbocycles. The number of hydrogen-bond donors (Lipinski definition) is 1. The van der Waals surface area contributed by atoms with Gasteiger partial charge in [-0.1, -0.05) is 31.0 Å². The predicted octanol–water partition coefficient (Wildman–Crippen LogP) is 4.06. The van der Waals surface area contributed by atoms with Crippen LogP contribution in [0, 0.1) is 0 Å². The van der Waals surface area contributed by atoms with Crippen LogP contribution in [0.2, 0.25) is 0 Å². The Balaban J connectivity index is 2.26. The van der Waals surface area contributed by atoms with Crippen molar-refractivity contribution in [1.29, 1.82) is 0 Å². The molecule has 0 aromatic heterocycles. The molecule has 0 spiro atoms. The highest BCUT2D eigenvalue weighted by Crippen LogP contribution is 2.43. The number of nitrogens with one attached hydrogen (secondary N) is 1. The number of alkyl halides is 3. The molecule has 1 aromatic rings. The minimum absolute atomic E-state index is 0.0827. The summed E-state index contributed by atoms with van der Waals surface area (Å²) < 4.78 is 44.1. The highest BCUT2D eigenvalue weighted by molar-refractivity contribution is 5.88. The van der Waals surface area contributed by atoms with Crippen molar-refractivity contribution in [3.63, 3.8) is 0 Å². The molecule has 2 rings (SSSR count). The lowest BCUT2D eigenvalue weighted by molar-refractivity contribution is -0.138. The normalized spacial score (nSPS) is 18.4. The molecule has 1 N–H and O–H groups in total. The van der Waals surface area contributed by atoms with Crippen LogP contribution in [0.25, 0.3) is 0 Å². The maximum absolute atomic E-state index is 13.0. The van der Waals surface area contributed by atoms with Crippen LogP contribution in [0.15, 0.2) is 24.3 Å². The molecule has 0 unspecified atom stereocenters. The fourth-order valence-electron chi connectivity index (χ4n) is 3.35. The molecule has 1 fully saturated rings. The van der Waals surface area contributed by atoms with E-state index in [9.17, 15) is 18.0 Å². The van der Waals surface area contributed by atoms with Gasteiger partial charge in [-0.05, 0) is 37.8 Å². The summed E-state index contributed by atoms with van der Waals surface area (Å²) in [6.07, 6.45) is -0.889. The molecule has 1 saturated carbocycles. The van der Waals surface area contributed by atoms with E-state index in [1.165, 1.54) is 6.07 Å². The Morgan fingerprint density at radius 1 is 1.33 bits per heavy atom. The zero-order chi connectivity index (χ0) is 17.8. The van der Waals surface area contributed by atoms with Gasteiger partial charge in [-0.3, -0.25) is 4.79 Å². The van der Waals surface area contributed by atoms with Crippen molar-refractivity contribution in [3.8, 4) is 0 Å². The van der Waals surface area contributed by atoms with E-state index in [0.29, 0.717) is 31.4 Å². The van der Waals surface area contributed by atoms with Gasteiger partial charge in [-0.2, -0.15) is 13.2 Å². The lowest BCUT2D eigenvalue weighted by atomic mass is 9.77. The first-order valence-corrected chi connectivity index (χ1v) is 8.27. The lowest BCUT2D eigenvalue weighted by Crippen LogP contribution is -2.46. The van der Waals surface area contributed by atoms with Crippen molar-refractivity contribution >= 4 is 5.91 Å². The predicted molar refractivity (Wildman–Crippen MR) is 85.7 cm³/mol. The van der Waals surface area contributed by atoms with Crippen molar-refractivity contribution in [2.24, 2.45) is 0 Å². The summed E-state index contributed by atoms with van der Waals surface area (Å²) in [4.78, 5) is 12.9. The van der Waals surface area contributed by atoms with E-state index in [2.05, 4.69) is 5.32 Å². The number of benzene rings is 1. The summed E-state index contributed by atoms with van der Waals surface area (Å²) in [5.74, 6) is -0.178. The van der Waals surface area contributed by atoms with E-state index in [4.69, 9.17) is 4.74 Å². The Kier molecular flexibility index (Phi) is 5.91. The van der Waals surface area contributed by atoms with Crippen LogP contribution < -0.4 is 5.32 Å². The number of carbonyl (C=O) groups is 1. The molecule has 1 amide bonds. The van der Waals surface area contributed by atoms with Crippen LogP contribution in [0.3, 0.4) is 0 Å². The van der Waals surface area contributed by atoms with E-state index in [1.54, 1.807) is 13.2 Å². The highest BCUT2D eigenvalue weighted by atomic mass is 19.4. The van der Waals surface area contributed by atoms with E-state index < -0.39 is 17.2 Å². The molecular weight excluding hydrogens is 319 g/mol. The number of carbonyl (C=O) groups excluding carboxylic acids is 1. The van der Waals surface area contributed by atoms with Gasteiger partial charge in [0.2, 0.25) is 5.91 Å². The smallest absolute Gasteiger partial charge is 0.385 e. The van der Waals surface area contributed by atoms with Crippen LogP contribution in [0.1, 0.15) is 50.2 Å². The average molecular weight is 343 g/mol. The van der Waals surface area contributed by atoms with E-state index in [1.807, 2.05) is 6.92 Å². The largest absolute Gasteiger partial charge is 0.416 e. The second kappa shape index (κ2) is 7.55. The molecule has 24 heavy (non-hydrogen) atoms. The molecular formula is C18H24F3NO2. The number of methoxy groups -OCH3 is 1. The summed E-state index contributed by atoms with van der Waals surface area (Å²) in [5.41, 5.74) is -1.10. The molecule has 0 bridgehead atoms. The van der Waals surface area contributed by atoms with Crippen molar-refractivity contribution in [2.75, 3.05) is 13.7 Å². The molecule has 0 heterocycles. The van der Waals surface area contributed by atoms with Gasteiger partial charge in [0.15, 0.2) is 0 Å². The summed E-state index contributed by atoms with van der Waals surface area (Å²) >= 11 is 0. The first-order valence-electron chi connectivity index (χ1n) is 8.27. The minimum atomic E-state index is -4.40. The number of ether oxygens (including phenoxy) is 1. The molecule has 0 radical (unpaired) electrons. The third-order valence-electron chi connectivity index (χ3n) is 4.77. The second-order valence-corrected chi connectivity index (χ2v) is 6.52. The summed E-state index contributed by atoms with van der Waals surface area (Å²) in [6.45, 7) is 2.41. The third-order valence-corrected chi connectivity index (χ3v) is 4.77. The molecule has 3 nitrogen and oxygen atoms in total. The monoisotopic (exact) mass is 343 g/mol. The van der Waals surface area contributed by atoms with Gasteiger partial charge >= 0.3 is 6.18 Å². The Bertz CT molecular complexity index is 566. The van der Waals surface area contributed by atoms with Gasteiger partial charge in [0.1, 0.15) is 0 Å². The molecule has 0 saturated heterocycles. The zero-order valence-corrected chi connectivity index (χ0v) is 14.1. The number of amides is 1. The number of hydrogen-bond acceptors (Lipinski definition) is 2. The molecule has 1 aromatic carbocycles. The fourth-order valence-corrected chi connectivity index (χ4v) is 3.35. The van der Waals surface area contributed by atoms with Crippen LogP contribution in [0.4, 0.5) is 13.2 Å². The van der Waals surface area contributed by atoms with Gasteiger partial charge in [0, 0.05) is 19.8 Å². The van der Waals surface area contributed by atoms with Crippen molar-refractivity contribution in [1.82, 2.24) is 5.32 Å². The third kappa shape index (κ3) is 4.09.